The first kappa shape index (κ1) is 13.3. The Labute approximate surface area is 110 Å². The second kappa shape index (κ2) is 5.26. The SMILES string of the molecule is Cc1ccc(C(=O)N(CC(=O)O)C2CCC2)c(=O)[nH]1. The quantitative estimate of drug-likeness (QED) is 0.840. The summed E-state index contributed by atoms with van der Waals surface area (Å²) in [5, 5.41) is 8.88. The van der Waals surface area contributed by atoms with E-state index in [9.17, 15) is 14.4 Å². The van der Waals surface area contributed by atoms with E-state index in [4.69, 9.17) is 5.11 Å². The molecule has 0 saturated heterocycles. The lowest BCUT2D eigenvalue weighted by molar-refractivity contribution is -0.138. The van der Waals surface area contributed by atoms with Gasteiger partial charge in [-0.05, 0) is 38.3 Å². The highest BCUT2D eigenvalue weighted by Crippen LogP contribution is 2.25. The molecule has 2 rings (SSSR count). The molecule has 1 aliphatic rings. The maximum Gasteiger partial charge on any atom is 0.323 e. The van der Waals surface area contributed by atoms with Gasteiger partial charge in [0.25, 0.3) is 11.5 Å². The van der Waals surface area contributed by atoms with Gasteiger partial charge in [-0.2, -0.15) is 0 Å². The van der Waals surface area contributed by atoms with E-state index in [1.54, 1.807) is 13.0 Å². The number of carboxylic acid groups (broad SMARTS) is 1. The molecule has 6 heteroatoms. The van der Waals surface area contributed by atoms with Gasteiger partial charge in [0.1, 0.15) is 12.1 Å². The van der Waals surface area contributed by atoms with Gasteiger partial charge in [-0.25, -0.2) is 0 Å². The van der Waals surface area contributed by atoms with Crippen LogP contribution in [0.5, 0.6) is 0 Å². The van der Waals surface area contributed by atoms with E-state index in [2.05, 4.69) is 4.98 Å². The summed E-state index contributed by atoms with van der Waals surface area (Å²) < 4.78 is 0. The lowest BCUT2D eigenvalue weighted by atomic mass is 9.91. The van der Waals surface area contributed by atoms with Crippen molar-refractivity contribution >= 4 is 11.9 Å². The molecule has 102 valence electrons. The van der Waals surface area contributed by atoms with Crippen LogP contribution in [0.3, 0.4) is 0 Å². The molecule has 1 aromatic heterocycles. The Morgan fingerprint density at radius 1 is 1.42 bits per heavy atom. The smallest absolute Gasteiger partial charge is 0.323 e. The van der Waals surface area contributed by atoms with Crippen LogP contribution in [0.25, 0.3) is 0 Å². The van der Waals surface area contributed by atoms with Crippen LogP contribution in [0, 0.1) is 6.92 Å². The van der Waals surface area contributed by atoms with Crippen molar-refractivity contribution in [2.45, 2.75) is 32.2 Å². The lowest BCUT2D eigenvalue weighted by Gasteiger charge is -2.36. The van der Waals surface area contributed by atoms with Crippen molar-refractivity contribution in [1.82, 2.24) is 9.88 Å². The standard InChI is InChI=1S/C13H16N2O4/c1-8-5-6-10(12(18)14-8)13(19)15(7-11(16)17)9-3-2-4-9/h5-6,9H,2-4,7H2,1H3,(H,14,18)(H,16,17). The van der Waals surface area contributed by atoms with Crippen molar-refractivity contribution in [2.75, 3.05) is 6.54 Å². The minimum absolute atomic E-state index is 0.00116. The van der Waals surface area contributed by atoms with Crippen LogP contribution in [0.1, 0.15) is 35.3 Å². The number of aliphatic carboxylic acids is 1. The number of pyridine rings is 1. The third kappa shape index (κ3) is 2.83. The first-order valence-electron chi connectivity index (χ1n) is 6.21. The number of carbonyl (C=O) groups excluding carboxylic acids is 1. The van der Waals surface area contributed by atoms with Crippen LogP contribution < -0.4 is 5.56 Å². The van der Waals surface area contributed by atoms with Crippen molar-refractivity contribution in [3.05, 3.63) is 33.7 Å². The highest BCUT2D eigenvalue weighted by atomic mass is 16.4. The molecule has 1 fully saturated rings. The van der Waals surface area contributed by atoms with E-state index < -0.39 is 17.4 Å². The van der Waals surface area contributed by atoms with Gasteiger partial charge in [0, 0.05) is 11.7 Å². The highest BCUT2D eigenvalue weighted by molar-refractivity contribution is 5.95. The van der Waals surface area contributed by atoms with Crippen LogP contribution in [0.2, 0.25) is 0 Å². The second-order valence-corrected chi connectivity index (χ2v) is 4.80. The van der Waals surface area contributed by atoms with Crippen LogP contribution in [-0.2, 0) is 4.79 Å². The van der Waals surface area contributed by atoms with E-state index >= 15 is 0 Å². The van der Waals surface area contributed by atoms with Crippen molar-refractivity contribution in [3.8, 4) is 0 Å². The first-order chi connectivity index (χ1) is 8.99. The van der Waals surface area contributed by atoms with E-state index in [0.717, 1.165) is 19.3 Å². The van der Waals surface area contributed by atoms with Crippen molar-refractivity contribution in [3.63, 3.8) is 0 Å². The van der Waals surface area contributed by atoms with Crippen LogP contribution >= 0.6 is 0 Å². The fourth-order valence-electron chi connectivity index (χ4n) is 2.11. The normalized spacial score (nSPS) is 14.8. The average Bonchev–Trinajstić information content (AvgIpc) is 2.24. The summed E-state index contributed by atoms with van der Waals surface area (Å²) in [6.07, 6.45) is 2.57. The average molecular weight is 264 g/mol. The molecule has 0 spiro atoms. The Hall–Kier alpha value is -2.11. The van der Waals surface area contributed by atoms with Gasteiger partial charge in [-0.1, -0.05) is 0 Å². The summed E-state index contributed by atoms with van der Waals surface area (Å²) in [7, 11) is 0. The van der Waals surface area contributed by atoms with Gasteiger partial charge < -0.3 is 15.0 Å². The maximum absolute atomic E-state index is 12.3. The number of hydrogen-bond donors (Lipinski definition) is 2. The number of nitrogens with zero attached hydrogens (tertiary/aromatic N) is 1. The maximum atomic E-state index is 12.3. The third-order valence-electron chi connectivity index (χ3n) is 3.37. The van der Waals surface area contributed by atoms with Gasteiger partial charge in [0.15, 0.2) is 0 Å². The Morgan fingerprint density at radius 3 is 2.58 bits per heavy atom. The van der Waals surface area contributed by atoms with Crippen molar-refractivity contribution in [2.24, 2.45) is 0 Å². The molecule has 1 amide bonds. The molecule has 1 heterocycles. The molecule has 0 atom stereocenters. The predicted molar refractivity (Wildman–Crippen MR) is 68.1 cm³/mol. The Balaban J connectivity index is 2.27. The lowest BCUT2D eigenvalue weighted by Crippen LogP contribution is -2.48. The number of H-pyrrole nitrogens is 1. The van der Waals surface area contributed by atoms with Gasteiger partial charge in [-0.3, -0.25) is 14.4 Å². The number of amides is 1. The molecule has 6 nitrogen and oxygen atoms in total. The molecule has 0 aliphatic heterocycles. The topological polar surface area (TPSA) is 90.5 Å². The molecule has 1 saturated carbocycles. The molecule has 0 bridgehead atoms. The van der Waals surface area contributed by atoms with E-state index in [-0.39, 0.29) is 18.2 Å². The summed E-state index contributed by atoms with van der Waals surface area (Å²) in [6.45, 7) is 1.35. The largest absolute Gasteiger partial charge is 0.480 e. The number of carbonyl (C=O) groups is 2. The Morgan fingerprint density at radius 2 is 2.11 bits per heavy atom. The summed E-state index contributed by atoms with van der Waals surface area (Å²) >= 11 is 0. The summed E-state index contributed by atoms with van der Waals surface area (Å²) in [5.74, 6) is -1.57. The van der Waals surface area contributed by atoms with Gasteiger partial charge in [-0.15, -0.1) is 0 Å². The summed E-state index contributed by atoms with van der Waals surface area (Å²) in [5.41, 5.74) is 0.188. The highest BCUT2D eigenvalue weighted by Gasteiger charge is 2.31. The fraction of sp³-hybridized carbons (Fsp3) is 0.462. The van der Waals surface area contributed by atoms with Crippen LogP contribution in [0.15, 0.2) is 16.9 Å². The zero-order valence-corrected chi connectivity index (χ0v) is 10.7. The zero-order chi connectivity index (χ0) is 14.0. The molecular formula is C13H16N2O4. The van der Waals surface area contributed by atoms with E-state index in [0.29, 0.717) is 5.69 Å². The number of nitrogens with one attached hydrogen (secondary N) is 1. The minimum atomic E-state index is -1.07. The molecule has 0 aromatic carbocycles. The fourth-order valence-corrected chi connectivity index (χ4v) is 2.11. The van der Waals surface area contributed by atoms with Crippen LogP contribution in [0.4, 0.5) is 0 Å². The number of carboxylic acids is 1. The van der Waals surface area contributed by atoms with Crippen molar-refractivity contribution < 1.29 is 14.7 Å². The predicted octanol–water partition coefficient (Wildman–Crippen LogP) is 0.763. The molecule has 1 aliphatic carbocycles. The number of aromatic nitrogens is 1. The number of rotatable bonds is 4. The molecule has 2 N–H and O–H groups in total. The van der Waals surface area contributed by atoms with Crippen molar-refractivity contribution in [1.29, 1.82) is 0 Å². The molecule has 0 unspecified atom stereocenters. The molecule has 1 aromatic rings. The number of hydrogen-bond acceptors (Lipinski definition) is 3. The number of aryl methyl sites for hydroxylation is 1. The summed E-state index contributed by atoms with van der Waals surface area (Å²) in [6, 6.07) is 3.02. The first-order valence-corrected chi connectivity index (χ1v) is 6.21. The second-order valence-electron chi connectivity index (χ2n) is 4.80. The monoisotopic (exact) mass is 264 g/mol. The van der Waals surface area contributed by atoms with Gasteiger partial charge in [0.2, 0.25) is 0 Å². The number of aromatic amines is 1. The minimum Gasteiger partial charge on any atom is -0.480 e. The van der Waals surface area contributed by atoms with Crippen LogP contribution in [-0.4, -0.2) is 39.5 Å². The zero-order valence-electron chi connectivity index (χ0n) is 10.7. The summed E-state index contributed by atoms with van der Waals surface area (Å²) in [4.78, 5) is 38.7. The molecule has 19 heavy (non-hydrogen) atoms. The Bertz CT molecular complexity index is 560. The Kier molecular flexibility index (Phi) is 3.69. The molecular weight excluding hydrogens is 248 g/mol. The molecule has 0 radical (unpaired) electrons. The van der Waals surface area contributed by atoms with E-state index in [1.165, 1.54) is 11.0 Å². The van der Waals surface area contributed by atoms with Gasteiger partial charge >= 0.3 is 5.97 Å². The third-order valence-corrected chi connectivity index (χ3v) is 3.37. The van der Waals surface area contributed by atoms with Gasteiger partial charge in [0.05, 0.1) is 0 Å². The van der Waals surface area contributed by atoms with E-state index in [1.807, 2.05) is 0 Å².